The van der Waals surface area contributed by atoms with Crippen LogP contribution in [0.2, 0.25) is 0 Å². The number of hydrogen-bond acceptors (Lipinski definition) is 3. The van der Waals surface area contributed by atoms with Crippen LogP contribution in [0, 0.1) is 11.7 Å². The van der Waals surface area contributed by atoms with E-state index in [1.165, 1.54) is 16.4 Å². The third kappa shape index (κ3) is 4.15. The van der Waals surface area contributed by atoms with E-state index in [2.05, 4.69) is 6.58 Å². The van der Waals surface area contributed by atoms with Gasteiger partial charge in [0.05, 0.1) is 11.9 Å². The highest BCUT2D eigenvalue weighted by molar-refractivity contribution is 7.89. The summed E-state index contributed by atoms with van der Waals surface area (Å²) in [7, 11) is -3.23. The van der Waals surface area contributed by atoms with Crippen molar-refractivity contribution in [3.8, 4) is 0 Å². The summed E-state index contributed by atoms with van der Waals surface area (Å²) < 4.78 is 38.6. The van der Waals surface area contributed by atoms with Crippen molar-refractivity contribution >= 4 is 10.0 Å². The summed E-state index contributed by atoms with van der Waals surface area (Å²) in [6.07, 6.45) is 2.57. The Labute approximate surface area is 131 Å². The van der Waals surface area contributed by atoms with Gasteiger partial charge >= 0.3 is 0 Å². The molecular formula is C16H22FNO3S. The normalized spacial score (nSPS) is 19.0. The van der Waals surface area contributed by atoms with Gasteiger partial charge in [0.25, 0.3) is 0 Å². The number of piperidine rings is 1. The maximum absolute atomic E-state index is 12.9. The van der Waals surface area contributed by atoms with E-state index < -0.39 is 16.1 Å². The summed E-state index contributed by atoms with van der Waals surface area (Å²) in [6, 6.07) is 5.81. The lowest BCUT2D eigenvalue weighted by Gasteiger charge is -2.33. The summed E-state index contributed by atoms with van der Waals surface area (Å²) in [5.41, 5.74) is 0.675. The number of sulfonamides is 1. The van der Waals surface area contributed by atoms with Crippen molar-refractivity contribution in [3.05, 3.63) is 48.3 Å². The summed E-state index contributed by atoms with van der Waals surface area (Å²) in [5, 5.41) is 10.4. The molecule has 1 N–H and O–H groups in total. The van der Waals surface area contributed by atoms with Crippen molar-refractivity contribution in [3.63, 3.8) is 0 Å². The van der Waals surface area contributed by atoms with Gasteiger partial charge in [-0.05, 0) is 42.9 Å². The second-order valence-corrected chi connectivity index (χ2v) is 7.71. The Balaban J connectivity index is 1.94. The molecule has 0 spiro atoms. The van der Waals surface area contributed by atoms with Crippen molar-refractivity contribution in [1.29, 1.82) is 0 Å². The molecule has 0 radical (unpaired) electrons. The fraction of sp³-hybridized carbons (Fsp3) is 0.500. The highest BCUT2D eigenvalue weighted by Crippen LogP contribution is 2.31. The first-order valence-electron chi connectivity index (χ1n) is 7.46. The maximum atomic E-state index is 12.9. The van der Waals surface area contributed by atoms with Crippen molar-refractivity contribution in [2.24, 2.45) is 5.92 Å². The fourth-order valence-corrected chi connectivity index (χ4v) is 4.25. The quantitative estimate of drug-likeness (QED) is 0.817. The lowest BCUT2D eigenvalue weighted by Crippen LogP contribution is -2.40. The molecule has 0 amide bonds. The van der Waals surface area contributed by atoms with Crippen molar-refractivity contribution in [2.75, 3.05) is 18.8 Å². The zero-order chi connectivity index (χ0) is 16.2. The molecule has 6 heteroatoms. The van der Waals surface area contributed by atoms with Gasteiger partial charge in [0, 0.05) is 13.1 Å². The van der Waals surface area contributed by atoms with E-state index >= 15 is 0 Å². The minimum absolute atomic E-state index is 0.00341. The standard InChI is InChI=1S/C16H22FNO3S/c1-2-3-12-22(20,21)18-10-8-14(9-11-18)16(19)13-4-6-15(17)7-5-13/h2,4-7,14,16,19H,1,3,8-12H2. The minimum atomic E-state index is -3.23. The van der Waals surface area contributed by atoms with Crippen LogP contribution in [-0.2, 0) is 10.0 Å². The van der Waals surface area contributed by atoms with Gasteiger partial charge in [-0.1, -0.05) is 18.2 Å². The Morgan fingerprint density at radius 1 is 1.32 bits per heavy atom. The highest BCUT2D eigenvalue weighted by atomic mass is 32.2. The first-order valence-corrected chi connectivity index (χ1v) is 9.07. The molecule has 22 heavy (non-hydrogen) atoms. The lowest BCUT2D eigenvalue weighted by atomic mass is 9.88. The first-order chi connectivity index (χ1) is 10.4. The number of aliphatic hydroxyl groups is 1. The van der Waals surface area contributed by atoms with Gasteiger partial charge in [-0.15, -0.1) is 6.58 Å². The van der Waals surface area contributed by atoms with Crippen LogP contribution in [0.3, 0.4) is 0 Å². The van der Waals surface area contributed by atoms with Crippen LogP contribution in [-0.4, -0.2) is 36.7 Å². The molecule has 1 unspecified atom stereocenters. The molecule has 0 aromatic heterocycles. The highest BCUT2D eigenvalue weighted by Gasteiger charge is 2.31. The predicted molar refractivity (Wildman–Crippen MR) is 84.3 cm³/mol. The van der Waals surface area contributed by atoms with Gasteiger partial charge in [0.2, 0.25) is 10.0 Å². The number of rotatable bonds is 6. The van der Waals surface area contributed by atoms with Crippen LogP contribution in [0.4, 0.5) is 4.39 Å². The van der Waals surface area contributed by atoms with Crippen LogP contribution in [0.25, 0.3) is 0 Å². The Morgan fingerprint density at radius 3 is 2.45 bits per heavy atom. The topological polar surface area (TPSA) is 57.6 Å². The number of halogens is 1. The van der Waals surface area contributed by atoms with Gasteiger partial charge in [-0.2, -0.15) is 0 Å². The van der Waals surface area contributed by atoms with Crippen LogP contribution in [0.15, 0.2) is 36.9 Å². The smallest absolute Gasteiger partial charge is 0.214 e. The molecule has 0 saturated carbocycles. The summed E-state index contributed by atoms with van der Waals surface area (Å²) in [6.45, 7) is 4.38. The average Bonchev–Trinajstić information content (AvgIpc) is 2.53. The van der Waals surface area contributed by atoms with Crippen LogP contribution >= 0.6 is 0 Å². The molecule has 4 nitrogen and oxygen atoms in total. The zero-order valence-corrected chi connectivity index (χ0v) is 13.3. The molecule has 1 fully saturated rings. The molecule has 1 aromatic carbocycles. The van der Waals surface area contributed by atoms with Crippen LogP contribution in [0.1, 0.15) is 30.9 Å². The Bertz CT molecular complexity index is 592. The van der Waals surface area contributed by atoms with E-state index in [0.29, 0.717) is 37.9 Å². The Kier molecular flexibility index (Phi) is 5.72. The largest absolute Gasteiger partial charge is 0.388 e. The third-order valence-corrected chi connectivity index (χ3v) is 6.03. The molecule has 122 valence electrons. The molecule has 0 aliphatic carbocycles. The van der Waals surface area contributed by atoms with E-state index in [-0.39, 0.29) is 17.5 Å². The van der Waals surface area contributed by atoms with Crippen molar-refractivity contribution in [1.82, 2.24) is 4.31 Å². The summed E-state index contributed by atoms with van der Waals surface area (Å²) in [4.78, 5) is 0. The van der Waals surface area contributed by atoms with Crippen molar-refractivity contribution in [2.45, 2.75) is 25.4 Å². The Hall–Kier alpha value is -1.24. The predicted octanol–water partition coefficient (Wildman–Crippen LogP) is 2.48. The molecule has 0 bridgehead atoms. The van der Waals surface area contributed by atoms with E-state index in [9.17, 15) is 17.9 Å². The first kappa shape index (κ1) is 17.1. The molecule has 1 aliphatic rings. The number of nitrogens with zero attached hydrogens (tertiary/aromatic N) is 1. The molecule has 1 saturated heterocycles. The number of hydrogen-bond donors (Lipinski definition) is 1. The second kappa shape index (κ2) is 7.35. The van der Waals surface area contributed by atoms with Gasteiger partial charge in [0.1, 0.15) is 5.82 Å². The number of aliphatic hydroxyl groups excluding tert-OH is 1. The van der Waals surface area contributed by atoms with Crippen molar-refractivity contribution < 1.29 is 17.9 Å². The molecule has 1 heterocycles. The molecule has 1 aromatic rings. The van der Waals surface area contributed by atoms with Crippen LogP contribution < -0.4 is 0 Å². The average molecular weight is 327 g/mol. The van der Waals surface area contributed by atoms with E-state index in [4.69, 9.17) is 0 Å². The number of benzene rings is 1. The summed E-state index contributed by atoms with van der Waals surface area (Å²) in [5.74, 6) is -0.253. The van der Waals surface area contributed by atoms with Gasteiger partial charge < -0.3 is 5.11 Å². The van der Waals surface area contributed by atoms with Crippen LogP contribution in [0.5, 0.6) is 0 Å². The fourth-order valence-electron chi connectivity index (χ4n) is 2.76. The Morgan fingerprint density at radius 2 is 1.91 bits per heavy atom. The second-order valence-electron chi connectivity index (χ2n) is 5.63. The summed E-state index contributed by atoms with van der Waals surface area (Å²) >= 11 is 0. The van der Waals surface area contributed by atoms with Gasteiger partial charge in [-0.3, -0.25) is 0 Å². The molecule has 1 aliphatic heterocycles. The van der Waals surface area contributed by atoms with E-state index in [0.717, 1.165) is 0 Å². The molecule has 2 rings (SSSR count). The molecule has 1 atom stereocenters. The number of allylic oxidation sites excluding steroid dienone is 1. The zero-order valence-electron chi connectivity index (χ0n) is 12.5. The van der Waals surface area contributed by atoms with E-state index in [1.54, 1.807) is 18.2 Å². The van der Waals surface area contributed by atoms with Gasteiger partial charge in [-0.25, -0.2) is 17.1 Å². The third-order valence-electron chi connectivity index (χ3n) is 4.13. The minimum Gasteiger partial charge on any atom is -0.388 e. The monoisotopic (exact) mass is 327 g/mol. The van der Waals surface area contributed by atoms with E-state index in [1.807, 2.05) is 0 Å². The SMILES string of the molecule is C=CCCS(=O)(=O)N1CCC(C(O)c2ccc(F)cc2)CC1. The maximum Gasteiger partial charge on any atom is 0.214 e. The van der Waals surface area contributed by atoms with Gasteiger partial charge in [0.15, 0.2) is 0 Å². The molecular weight excluding hydrogens is 305 g/mol. The lowest BCUT2D eigenvalue weighted by molar-refractivity contribution is 0.0760.